The highest BCUT2D eigenvalue weighted by atomic mass is 32.2. The lowest BCUT2D eigenvalue weighted by Crippen LogP contribution is -2.53. The summed E-state index contributed by atoms with van der Waals surface area (Å²) in [7, 11) is 0. The van der Waals surface area contributed by atoms with Gasteiger partial charge in [-0.2, -0.15) is 0 Å². The predicted octanol–water partition coefficient (Wildman–Crippen LogP) is 2.42. The van der Waals surface area contributed by atoms with Crippen molar-refractivity contribution in [3.63, 3.8) is 0 Å². The van der Waals surface area contributed by atoms with Crippen molar-refractivity contribution >= 4 is 16.9 Å². The van der Waals surface area contributed by atoms with Crippen molar-refractivity contribution in [2.45, 2.75) is 30.7 Å². The Bertz CT molecular complexity index is 486. The molecule has 1 atom stereocenters. The van der Waals surface area contributed by atoms with Crippen molar-refractivity contribution in [2.75, 3.05) is 13.1 Å². The van der Waals surface area contributed by atoms with Crippen molar-refractivity contribution in [1.82, 2.24) is 4.90 Å². The van der Waals surface area contributed by atoms with E-state index < -0.39 is 5.72 Å². The van der Waals surface area contributed by atoms with Gasteiger partial charge >= 0.3 is 0 Å². The van der Waals surface area contributed by atoms with E-state index in [1.165, 1.54) is 0 Å². The molecule has 1 fully saturated rings. The Kier molecular flexibility index (Phi) is 2.68. The summed E-state index contributed by atoms with van der Waals surface area (Å²) in [5.74, 6) is 0. The van der Waals surface area contributed by atoms with E-state index in [9.17, 15) is 5.11 Å². The molecule has 1 N–H and O–H groups in total. The first-order chi connectivity index (χ1) is 8.56. The standard InChI is InChI=1S/C14H18N2OS/c1-13(2)14(17,11-7-4-3-5-8-11)16-10-6-9-15-12(16)18-13/h3-5,7-8,17H,6,9-10H2,1-2H3. The molecule has 4 heteroatoms. The molecule has 1 aromatic rings. The van der Waals surface area contributed by atoms with E-state index in [4.69, 9.17) is 0 Å². The van der Waals surface area contributed by atoms with Crippen LogP contribution in [0.25, 0.3) is 0 Å². The Hall–Kier alpha value is -1.00. The second kappa shape index (κ2) is 4.00. The van der Waals surface area contributed by atoms with Crippen LogP contribution in [0.5, 0.6) is 0 Å². The van der Waals surface area contributed by atoms with Gasteiger partial charge in [-0.25, -0.2) is 0 Å². The van der Waals surface area contributed by atoms with Gasteiger partial charge in [0.2, 0.25) is 0 Å². The molecule has 96 valence electrons. The molecule has 3 nitrogen and oxygen atoms in total. The summed E-state index contributed by atoms with van der Waals surface area (Å²) >= 11 is 1.68. The fourth-order valence-corrected chi connectivity index (χ4v) is 4.09. The average molecular weight is 262 g/mol. The van der Waals surface area contributed by atoms with E-state index in [-0.39, 0.29) is 4.75 Å². The van der Waals surface area contributed by atoms with Gasteiger partial charge in [-0.15, -0.1) is 0 Å². The molecule has 0 spiro atoms. The van der Waals surface area contributed by atoms with Crippen LogP contribution < -0.4 is 0 Å². The minimum absolute atomic E-state index is 0.294. The zero-order valence-corrected chi connectivity index (χ0v) is 11.6. The maximum Gasteiger partial charge on any atom is 0.180 e. The summed E-state index contributed by atoms with van der Waals surface area (Å²) in [5, 5.41) is 12.3. The van der Waals surface area contributed by atoms with Crippen LogP contribution in [-0.4, -0.2) is 33.0 Å². The highest BCUT2D eigenvalue weighted by molar-refractivity contribution is 8.15. The summed E-state index contributed by atoms with van der Waals surface area (Å²) in [6.45, 7) is 5.93. The molecule has 1 saturated heterocycles. The molecular formula is C14H18N2OS. The predicted molar refractivity (Wildman–Crippen MR) is 75.6 cm³/mol. The van der Waals surface area contributed by atoms with Gasteiger partial charge in [0.15, 0.2) is 10.9 Å². The maximum absolute atomic E-state index is 11.3. The molecule has 2 aliphatic rings. The summed E-state index contributed by atoms with van der Waals surface area (Å²) in [6, 6.07) is 9.94. The molecular weight excluding hydrogens is 244 g/mol. The van der Waals surface area contributed by atoms with E-state index in [0.717, 1.165) is 30.2 Å². The summed E-state index contributed by atoms with van der Waals surface area (Å²) in [4.78, 5) is 6.62. The van der Waals surface area contributed by atoms with Crippen LogP contribution in [0.1, 0.15) is 25.8 Å². The Morgan fingerprint density at radius 3 is 2.72 bits per heavy atom. The molecule has 0 radical (unpaired) electrons. The van der Waals surface area contributed by atoms with Gasteiger partial charge in [0, 0.05) is 18.7 Å². The van der Waals surface area contributed by atoms with Crippen LogP contribution in [0, 0.1) is 0 Å². The monoisotopic (exact) mass is 262 g/mol. The number of nitrogens with zero attached hydrogens (tertiary/aromatic N) is 2. The van der Waals surface area contributed by atoms with Crippen molar-refractivity contribution in [1.29, 1.82) is 0 Å². The highest BCUT2D eigenvalue weighted by Gasteiger charge is 2.58. The van der Waals surface area contributed by atoms with Gasteiger partial charge < -0.3 is 10.0 Å². The lowest BCUT2D eigenvalue weighted by molar-refractivity contribution is -0.0941. The minimum atomic E-state index is -0.960. The molecule has 2 heterocycles. The number of hydrogen-bond acceptors (Lipinski definition) is 4. The van der Waals surface area contributed by atoms with Gasteiger partial charge in [0.05, 0.1) is 4.75 Å². The van der Waals surface area contributed by atoms with Crippen molar-refractivity contribution in [2.24, 2.45) is 4.99 Å². The topological polar surface area (TPSA) is 35.8 Å². The lowest BCUT2D eigenvalue weighted by Gasteiger charge is -2.42. The first-order valence-corrected chi connectivity index (χ1v) is 7.16. The van der Waals surface area contributed by atoms with Crippen LogP contribution in [0.3, 0.4) is 0 Å². The molecule has 1 aromatic carbocycles. The highest BCUT2D eigenvalue weighted by Crippen LogP contribution is 2.53. The number of benzene rings is 1. The number of fused-ring (bicyclic) bond motifs is 1. The van der Waals surface area contributed by atoms with E-state index in [0.29, 0.717) is 0 Å². The Balaban J connectivity index is 2.13. The number of rotatable bonds is 1. The van der Waals surface area contributed by atoms with E-state index in [1.54, 1.807) is 11.8 Å². The third-order valence-corrected chi connectivity index (χ3v) is 5.10. The molecule has 2 aliphatic heterocycles. The van der Waals surface area contributed by atoms with Crippen LogP contribution in [0.2, 0.25) is 0 Å². The van der Waals surface area contributed by atoms with Crippen molar-refractivity contribution in [3.05, 3.63) is 35.9 Å². The largest absolute Gasteiger partial charge is 0.366 e. The van der Waals surface area contributed by atoms with Crippen molar-refractivity contribution < 1.29 is 5.11 Å². The lowest BCUT2D eigenvalue weighted by atomic mass is 9.89. The summed E-state index contributed by atoms with van der Waals surface area (Å²) < 4.78 is -0.294. The van der Waals surface area contributed by atoms with Gasteiger partial charge in [-0.3, -0.25) is 4.99 Å². The molecule has 1 unspecified atom stereocenters. The van der Waals surface area contributed by atoms with Crippen LogP contribution >= 0.6 is 11.8 Å². The zero-order chi connectivity index (χ0) is 12.8. The van der Waals surface area contributed by atoms with Gasteiger partial charge in [-0.05, 0) is 20.3 Å². The Morgan fingerprint density at radius 1 is 1.28 bits per heavy atom. The fraction of sp³-hybridized carbons (Fsp3) is 0.500. The zero-order valence-electron chi connectivity index (χ0n) is 10.8. The first kappa shape index (κ1) is 12.1. The summed E-state index contributed by atoms with van der Waals surface area (Å²) in [6.07, 6.45) is 1.01. The van der Waals surface area contributed by atoms with Crippen LogP contribution in [-0.2, 0) is 5.72 Å². The van der Waals surface area contributed by atoms with Gasteiger partial charge in [0.1, 0.15) is 0 Å². The third-order valence-electron chi connectivity index (χ3n) is 3.77. The first-order valence-electron chi connectivity index (χ1n) is 6.35. The molecule has 3 rings (SSSR count). The SMILES string of the molecule is CC1(C)SC2=NCCCN2C1(O)c1ccccc1. The number of hydrogen-bond donors (Lipinski definition) is 1. The third kappa shape index (κ3) is 1.52. The number of thioether (sulfide) groups is 1. The van der Waals surface area contributed by atoms with E-state index >= 15 is 0 Å². The molecule has 0 saturated carbocycles. The summed E-state index contributed by atoms with van der Waals surface area (Å²) in [5.41, 5.74) is -0.00681. The second-order valence-electron chi connectivity index (χ2n) is 5.32. The molecule has 18 heavy (non-hydrogen) atoms. The van der Waals surface area contributed by atoms with Gasteiger partial charge in [0.25, 0.3) is 0 Å². The van der Waals surface area contributed by atoms with Crippen molar-refractivity contribution in [3.8, 4) is 0 Å². The Labute approximate surface area is 112 Å². The Morgan fingerprint density at radius 2 is 2.00 bits per heavy atom. The number of aliphatic hydroxyl groups is 1. The molecule has 0 amide bonds. The van der Waals surface area contributed by atoms with E-state index in [1.807, 2.05) is 30.3 Å². The average Bonchev–Trinajstić information content (AvgIpc) is 2.59. The second-order valence-corrected chi connectivity index (χ2v) is 6.91. The minimum Gasteiger partial charge on any atom is -0.366 e. The smallest absolute Gasteiger partial charge is 0.180 e. The van der Waals surface area contributed by atoms with Crippen LogP contribution in [0.15, 0.2) is 35.3 Å². The number of amidine groups is 1. The van der Waals surface area contributed by atoms with E-state index in [2.05, 4.69) is 23.7 Å². The fourth-order valence-electron chi connectivity index (χ4n) is 2.77. The van der Waals surface area contributed by atoms with Gasteiger partial charge in [-0.1, -0.05) is 42.1 Å². The molecule has 0 aliphatic carbocycles. The molecule has 0 bridgehead atoms. The quantitative estimate of drug-likeness (QED) is 0.844. The normalized spacial score (nSPS) is 29.9. The maximum atomic E-state index is 11.3. The molecule has 0 aromatic heterocycles. The van der Waals surface area contributed by atoms with Crippen LogP contribution in [0.4, 0.5) is 0 Å². The number of aliphatic imine (C=N–C) groups is 1.